The molecule has 8 rings (SSSR count). The van der Waals surface area contributed by atoms with Crippen molar-refractivity contribution in [3.8, 4) is 0 Å². The van der Waals surface area contributed by atoms with Crippen molar-refractivity contribution in [2.45, 2.75) is 172 Å². The van der Waals surface area contributed by atoms with Crippen molar-refractivity contribution in [3.05, 3.63) is 11.6 Å². The van der Waals surface area contributed by atoms with Gasteiger partial charge in [0, 0.05) is 50.9 Å². The van der Waals surface area contributed by atoms with Crippen molar-refractivity contribution in [1.29, 1.82) is 0 Å². The van der Waals surface area contributed by atoms with Gasteiger partial charge in [0.1, 0.15) is 11.6 Å². The minimum atomic E-state index is -0.350. The van der Waals surface area contributed by atoms with E-state index < -0.39 is 0 Å². The predicted molar refractivity (Wildman–Crippen MR) is 232 cm³/mol. The number of hydrogen-bond donors (Lipinski definition) is 1. The van der Waals surface area contributed by atoms with Crippen LogP contribution < -0.4 is 0 Å². The Kier molecular flexibility index (Phi) is 12.9. The van der Waals surface area contributed by atoms with Crippen LogP contribution in [0.15, 0.2) is 11.6 Å². The Hall–Kier alpha value is -2.35. The van der Waals surface area contributed by atoms with Crippen LogP contribution in [-0.2, 0) is 33.4 Å². The van der Waals surface area contributed by atoms with Crippen LogP contribution in [0.25, 0.3) is 0 Å². The molecule has 0 heterocycles. The standard InChI is InChI=1S/2C26H40O4/c2*1-6-18-22-13-17(28)9-11-26(22,5)21-10-12-25(4)19(15(2)14-30-16(3)27)7-8-20(25)23(21)24(18)29/h15,18-23H,6-14H2,1-5H3;13,15,18-21,23-24,29H,6-12,14H2,1-5H3/t15-,18-,19-,20?,21?,22?,23?,25-,26-;15-,18-,19-,20?,21?,23?,24+,25-,26-/m11/s1. The molecule has 0 saturated heterocycles. The zero-order valence-corrected chi connectivity index (χ0v) is 39.0. The molecule has 7 fully saturated rings. The van der Waals surface area contributed by atoms with Gasteiger partial charge in [-0.1, -0.05) is 61.0 Å². The lowest BCUT2D eigenvalue weighted by molar-refractivity contribution is -0.170. The van der Waals surface area contributed by atoms with Gasteiger partial charge in [-0.15, -0.1) is 0 Å². The van der Waals surface area contributed by atoms with Gasteiger partial charge < -0.3 is 14.6 Å². The first kappa shape index (κ1) is 45.7. The van der Waals surface area contributed by atoms with Crippen LogP contribution in [0.3, 0.4) is 0 Å². The Morgan fingerprint density at radius 3 is 1.78 bits per heavy atom. The van der Waals surface area contributed by atoms with Crippen LogP contribution in [-0.4, -0.2) is 53.7 Å². The molecule has 18 atom stereocenters. The molecule has 336 valence electrons. The zero-order chi connectivity index (χ0) is 43.7. The van der Waals surface area contributed by atoms with Crippen LogP contribution in [0.2, 0.25) is 0 Å². The van der Waals surface area contributed by atoms with Crippen LogP contribution >= 0.6 is 0 Å². The van der Waals surface area contributed by atoms with Gasteiger partial charge in [0.2, 0.25) is 0 Å². The van der Waals surface area contributed by atoms with E-state index in [1.165, 1.54) is 25.8 Å². The van der Waals surface area contributed by atoms with Crippen molar-refractivity contribution in [3.63, 3.8) is 0 Å². The second kappa shape index (κ2) is 17.0. The molecule has 0 radical (unpaired) electrons. The summed E-state index contributed by atoms with van der Waals surface area (Å²) in [7, 11) is 0. The minimum absolute atomic E-state index is 0.0559. The van der Waals surface area contributed by atoms with E-state index in [0.717, 1.165) is 70.6 Å². The van der Waals surface area contributed by atoms with Crippen molar-refractivity contribution < 1.29 is 38.6 Å². The molecule has 0 aliphatic heterocycles. The fourth-order valence-corrected chi connectivity index (χ4v) is 17.3. The molecule has 8 nitrogen and oxygen atoms in total. The van der Waals surface area contributed by atoms with Gasteiger partial charge in [0.25, 0.3) is 0 Å². The van der Waals surface area contributed by atoms with Gasteiger partial charge in [-0.25, -0.2) is 0 Å². The van der Waals surface area contributed by atoms with Crippen molar-refractivity contribution in [1.82, 2.24) is 0 Å². The molecule has 8 aliphatic rings. The summed E-state index contributed by atoms with van der Waals surface area (Å²) in [6.45, 7) is 22.4. The number of aliphatic hydroxyl groups excluding tert-OH is 1. The van der Waals surface area contributed by atoms with E-state index in [4.69, 9.17) is 9.47 Å². The summed E-state index contributed by atoms with van der Waals surface area (Å²) >= 11 is 0. The third-order valence-corrected chi connectivity index (χ3v) is 20.3. The zero-order valence-electron chi connectivity index (χ0n) is 39.0. The first-order valence-corrected chi connectivity index (χ1v) is 24.5. The maximum atomic E-state index is 13.9. The highest BCUT2D eigenvalue weighted by molar-refractivity contribution is 5.92. The highest BCUT2D eigenvalue weighted by Gasteiger charge is 2.66. The molecule has 0 aromatic rings. The molecule has 0 aromatic heterocycles. The summed E-state index contributed by atoms with van der Waals surface area (Å²) in [6, 6.07) is 0. The lowest BCUT2D eigenvalue weighted by Crippen LogP contribution is -2.60. The minimum Gasteiger partial charge on any atom is -0.466 e. The van der Waals surface area contributed by atoms with Gasteiger partial charge in [-0.2, -0.15) is 0 Å². The van der Waals surface area contributed by atoms with E-state index >= 15 is 0 Å². The summed E-state index contributed by atoms with van der Waals surface area (Å²) < 4.78 is 10.7. The lowest BCUT2D eigenvalue weighted by Gasteiger charge is -2.61. The number of hydrogen-bond acceptors (Lipinski definition) is 8. The molecule has 0 aromatic carbocycles. The third-order valence-electron chi connectivity index (χ3n) is 20.3. The third kappa shape index (κ3) is 7.42. The number of rotatable bonds is 8. The van der Waals surface area contributed by atoms with Crippen molar-refractivity contribution in [2.24, 2.45) is 98.6 Å². The highest BCUT2D eigenvalue weighted by atomic mass is 16.5. The van der Waals surface area contributed by atoms with Gasteiger partial charge in [0.15, 0.2) is 5.78 Å². The Morgan fingerprint density at radius 1 is 0.683 bits per heavy atom. The normalized spacial score (nSPS) is 46.5. The second-order valence-electron chi connectivity index (χ2n) is 22.8. The summed E-state index contributed by atoms with van der Waals surface area (Å²) in [4.78, 5) is 61.1. The lowest BCUT2D eigenvalue weighted by atomic mass is 9.42. The number of aliphatic hydroxyl groups is 1. The average Bonchev–Trinajstić information content (AvgIpc) is 3.74. The van der Waals surface area contributed by atoms with E-state index in [-0.39, 0.29) is 69.2 Å². The number of carbonyl (C=O) groups excluding carboxylic acids is 5. The Balaban J connectivity index is 0.000000181. The summed E-state index contributed by atoms with van der Waals surface area (Å²) in [5, 5.41) is 11.6. The first-order valence-electron chi connectivity index (χ1n) is 24.5. The molecule has 1 N–H and O–H groups in total. The summed E-state index contributed by atoms with van der Waals surface area (Å²) in [5.74, 6) is 5.16. The molecule has 60 heavy (non-hydrogen) atoms. The predicted octanol–water partition coefficient (Wildman–Crippen LogP) is 10.2. The van der Waals surface area contributed by atoms with E-state index in [1.807, 2.05) is 6.08 Å². The molecule has 0 amide bonds. The van der Waals surface area contributed by atoms with E-state index in [9.17, 15) is 29.1 Å². The van der Waals surface area contributed by atoms with Gasteiger partial charge in [0.05, 0.1) is 19.3 Å². The molecule has 8 heteroatoms. The quantitative estimate of drug-likeness (QED) is 0.240. The Morgan fingerprint density at radius 2 is 1.22 bits per heavy atom. The monoisotopic (exact) mass is 833 g/mol. The molecular formula is C52H80O8. The molecule has 0 spiro atoms. The van der Waals surface area contributed by atoms with Crippen molar-refractivity contribution in [2.75, 3.05) is 13.2 Å². The van der Waals surface area contributed by atoms with Gasteiger partial charge in [-0.05, 0) is 164 Å². The van der Waals surface area contributed by atoms with Gasteiger partial charge in [-0.3, -0.25) is 24.0 Å². The smallest absolute Gasteiger partial charge is 0.302 e. The fourth-order valence-electron chi connectivity index (χ4n) is 17.3. The van der Waals surface area contributed by atoms with Crippen LogP contribution in [0.1, 0.15) is 166 Å². The largest absolute Gasteiger partial charge is 0.466 e. The first-order chi connectivity index (χ1) is 28.3. The highest BCUT2D eigenvalue weighted by Crippen LogP contribution is 2.70. The molecular weight excluding hydrogens is 753 g/mol. The topological polar surface area (TPSA) is 124 Å². The number of carbonyl (C=O) groups is 5. The van der Waals surface area contributed by atoms with Gasteiger partial charge >= 0.3 is 11.9 Å². The van der Waals surface area contributed by atoms with Crippen LogP contribution in [0, 0.1) is 98.6 Å². The average molecular weight is 833 g/mol. The fraction of sp³-hybridized carbons (Fsp3) is 0.865. The second-order valence-corrected chi connectivity index (χ2v) is 22.8. The van der Waals surface area contributed by atoms with E-state index in [0.29, 0.717) is 97.3 Å². The maximum absolute atomic E-state index is 13.9. The van der Waals surface area contributed by atoms with E-state index in [2.05, 4.69) is 55.4 Å². The Bertz CT molecular complexity index is 1720. The van der Waals surface area contributed by atoms with Crippen molar-refractivity contribution >= 4 is 29.3 Å². The molecule has 7 saturated carbocycles. The Labute approximate surface area is 361 Å². The number of fused-ring (bicyclic) bond motifs is 10. The summed E-state index contributed by atoms with van der Waals surface area (Å²) in [6.07, 6.45) is 16.4. The number of ketones is 3. The summed E-state index contributed by atoms with van der Waals surface area (Å²) in [5.41, 5.74) is 1.79. The van der Waals surface area contributed by atoms with Crippen LogP contribution in [0.5, 0.6) is 0 Å². The molecule has 0 bridgehead atoms. The number of esters is 2. The van der Waals surface area contributed by atoms with E-state index in [1.54, 1.807) is 0 Å². The SMILES string of the molecule is CC[C@@H]1C2=CC(=O)CC[C@]2(C)C2CC[C@@]3(C)C(CC[C@@H]3[C@H](C)COC(C)=O)C2[C@H]1O.CC[C@H]1C(=O)C2C(CC[C@@]3(C)C2CC[C@@H]3[C@H](C)COC(C)=O)[C@@]2(C)CCC(=O)CC12. The molecule has 8 aliphatic carbocycles. The molecule has 7 unspecified atom stereocenters. The maximum Gasteiger partial charge on any atom is 0.302 e. The number of ether oxygens (including phenoxy) is 2. The number of Topliss-reactive ketones (excluding diaryl/α,β-unsaturated/α-hetero) is 2. The van der Waals surface area contributed by atoms with Crippen LogP contribution in [0.4, 0.5) is 0 Å².